The maximum atomic E-state index is 12.7. The Bertz CT molecular complexity index is 660. The lowest BCUT2D eigenvalue weighted by atomic mass is 9.84. The first kappa shape index (κ1) is 16.1. The second kappa shape index (κ2) is 6.81. The van der Waals surface area contributed by atoms with Gasteiger partial charge in [0.2, 0.25) is 5.91 Å². The molecule has 0 radical (unpaired) electrons. The predicted octanol–water partition coefficient (Wildman–Crippen LogP) is 3.53. The van der Waals surface area contributed by atoms with Crippen molar-refractivity contribution in [3.63, 3.8) is 0 Å². The highest BCUT2D eigenvalue weighted by Crippen LogP contribution is 2.32. The number of anilines is 1. The summed E-state index contributed by atoms with van der Waals surface area (Å²) >= 11 is 1.61. The van der Waals surface area contributed by atoms with E-state index in [0.717, 1.165) is 31.5 Å². The highest BCUT2D eigenvalue weighted by Gasteiger charge is 2.30. The van der Waals surface area contributed by atoms with Crippen LogP contribution in [0.15, 0.2) is 36.5 Å². The first-order chi connectivity index (χ1) is 11.1. The second-order valence-corrected chi connectivity index (χ2v) is 7.60. The molecule has 1 aliphatic heterocycles. The normalized spacial score (nSPS) is 16.3. The molecule has 23 heavy (non-hydrogen) atoms. The molecule has 4 nitrogen and oxygen atoms in total. The highest BCUT2D eigenvalue weighted by molar-refractivity contribution is 7.15. The smallest absolute Gasteiger partial charge is 0.236 e. The van der Waals surface area contributed by atoms with Gasteiger partial charge >= 0.3 is 0 Å². The summed E-state index contributed by atoms with van der Waals surface area (Å²) in [7, 11) is 0. The minimum atomic E-state index is -0.581. The maximum absolute atomic E-state index is 12.7. The molecule has 5 heteroatoms. The Kier molecular flexibility index (Phi) is 4.78. The number of thiazole rings is 1. The Hall–Kier alpha value is -1.72. The van der Waals surface area contributed by atoms with Crippen LogP contribution in [-0.4, -0.2) is 24.0 Å². The summed E-state index contributed by atoms with van der Waals surface area (Å²) in [6.45, 7) is 6.01. The molecule has 0 unspecified atom stereocenters. The fourth-order valence-electron chi connectivity index (χ4n) is 2.88. The second-order valence-electron chi connectivity index (χ2n) is 6.54. The quantitative estimate of drug-likeness (QED) is 0.902. The molecular formula is C18H23N3OS. The molecule has 3 rings (SSSR count). The molecule has 0 bridgehead atoms. The molecular weight excluding hydrogens is 306 g/mol. The van der Waals surface area contributed by atoms with E-state index >= 15 is 0 Å². The number of carbonyl (C=O) groups is 1. The molecule has 1 aromatic carbocycles. The van der Waals surface area contributed by atoms with Gasteiger partial charge in [-0.2, -0.15) is 0 Å². The molecule has 122 valence electrons. The van der Waals surface area contributed by atoms with Gasteiger partial charge in [0, 0.05) is 11.1 Å². The summed E-state index contributed by atoms with van der Waals surface area (Å²) in [5.41, 5.74) is 0.426. The van der Waals surface area contributed by atoms with Crippen LogP contribution in [0.25, 0.3) is 0 Å². The third-order valence-corrected chi connectivity index (χ3v) is 5.62. The number of carbonyl (C=O) groups excluding carboxylic acids is 1. The number of amides is 1. The molecule has 1 fully saturated rings. The lowest BCUT2D eigenvalue weighted by Gasteiger charge is -2.23. The molecule has 0 saturated carbocycles. The van der Waals surface area contributed by atoms with Crippen LogP contribution in [0.5, 0.6) is 0 Å². The summed E-state index contributed by atoms with van der Waals surface area (Å²) in [5.74, 6) is 0.552. The van der Waals surface area contributed by atoms with Crippen molar-refractivity contribution in [1.82, 2.24) is 10.3 Å². The lowest BCUT2D eigenvalue weighted by molar-refractivity contribution is -0.120. The van der Waals surface area contributed by atoms with Crippen molar-refractivity contribution >= 4 is 22.4 Å². The van der Waals surface area contributed by atoms with E-state index in [1.807, 2.05) is 50.4 Å². The molecule has 1 amide bonds. The third-order valence-electron chi connectivity index (χ3n) is 4.55. The van der Waals surface area contributed by atoms with Gasteiger partial charge < -0.3 is 10.6 Å². The predicted molar refractivity (Wildman–Crippen MR) is 95.1 cm³/mol. The topological polar surface area (TPSA) is 54.0 Å². The van der Waals surface area contributed by atoms with Crippen molar-refractivity contribution in [2.45, 2.75) is 38.0 Å². The fraction of sp³-hybridized carbons (Fsp3) is 0.444. The molecule has 0 aliphatic carbocycles. The van der Waals surface area contributed by atoms with Crippen LogP contribution in [0.4, 0.5) is 5.13 Å². The van der Waals surface area contributed by atoms with E-state index in [2.05, 4.69) is 15.6 Å². The first-order valence-electron chi connectivity index (χ1n) is 8.11. The van der Waals surface area contributed by atoms with E-state index in [-0.39, 0.29) is 5.91 Å². The fourth-order valence-corrected chi connectivity index (χ4v) is 3.86. The maximum Gasteiger partial charge on any atom is 0.236 e. The number of rotatable bonds is 4. The number of aromatic nitrogens is 1. The number of hydrogen-bond acceptors (Lipinski definition) is 4. The van der Waals surface area contributed by atoms with Crippen molar-refractivity contribution in [3.8, 4) is 0 Å². The van der Waals surface area contributed by atoms with Gasteiger partial charge in [-0.25, -0.2) is 4.98 Å². The Morgan fingerprint density at radius 1 is 1.26 bits per heavy atom. The van der Waals surface area contributed by atoms with Gasteiger partial charge in [0.25, 0.3) is 0 Å². The zero-order valence-corrected chi connectivity index (χ0v) is 14.5. The molecule has 1 saturated heterocycles. The molecule has 0 atom stereocenters. The summed E-state index contributed by atoms with van der Waals surface area (Å²) in [6, 6.07) is 9.86. The zero-order valence-electron chi connectivity index (χ0n) is 13.6. The van der Waals surface area contributed by atoms with Crippen molar-refractivity contribution in [2.75, 3.05) is 18.4 Å². The third kappa shape index (κ3) is 3.62. The van der Waals surface area contributed by atoms with Gasteiger partial charge in [-0.05, 0) is 51.3 Å². The van der Waals surface area contributed by atoms with Crippen LogP contribution in [-0.2, 0) is 10.2 Å². The van der Waals surface area contributed by atoms with Gasteiger partial charge in [-0.3, -0.25) is 4.79 Å². The summed E-state index contributed by atoms with van der Waals surface area (Å²) < 4.78 is 0. The summed E-state index contributed by atoms with van der Waals surface area (Å²) in [6.07, 6.45) is 4.21. The van der Waals surface area contributed by atoms with Crippen molar-refractivity contribution in [2.24, 2.45) is 0 Å². The van der Waals surface area contributed by atoms with E-state index in [4.69, 9.17) is 0 Å². The van der Waals surface area contributed by atoms with Gasteiger partial charge in [0.1, 0.15) is 0 Å². The van der Waals surface area contributed by atoms with Gasteiger partial charge in [0.05, 0.1) is 5.41 Å². The average Bonchev–Trinajstić information content (AvgIpc) is 3.05. The lowest BCUT2D eigenvalue weighted by Crippen LogP contribution is -2.34. The SMILES string of the molecule is CC(C)(C(=O)Nc1ncc(C2CCNCC2)s1)c1ccccc1. The van der Waals surface area contributed by atoms with Gasteiger partial charge in [0.15, 0.2) is 5.13 Å². The average molecular weight is 329 g/mol. The molecule has 0 spiro atoms. The molecule has 2 heterocycles. The van der Waals surface area contributed by atoms with Crippen molar-refractivity contribution in [1.29, 1.82) is 0 Å². The van der Waals surface area contributed by atoms with Crippen molar-refractivity contribution < 1.29 is 4.79 Å². The Morgan fingerprint density at radius 2 is 1.96 bits per heavy atom. The minimum absolute atomic E-state index is 0.0186. The Labute approximate surface area is 141 Å². The monoisotopic (exact) mass is 329 g/mol. The van der Waals surface area contributed by atoms with Crippen LogP contribution in [0.1, 0.15) is 43.0 Å². The number of hydrogen-bond donors (Lipinski definition) is 2. The summed E-state index contributed by atoms with van der Waals surface area (Å²) in [4.78, 5) is 18.3. The van der Waals surface area contributed by atoms with E-state index in [1.54, 1.807) is 11.3 Å². The van der Waals surface area contributed by atoms with E-state index < -0.39 is 5.41 Å². The first-order valence-corrected chi connectivity index (χ1v) is 8.92. The van der Waals surface area contributed by atoms with Crippen LogP contribution in [0.3, 0.4) is 0 Å². The Morgan fingerprint density at radius 3 is 2.65 bits per heavy atom. The number of nitrogens with one attached hydrogen (secondary N) is 2. The largest absolute Gasteiger partial charge is 0.317 e. The Balaban J connectivity index is 1.69. The standard InChI is InChI=1S/C18H23N3OS/c1-18(2,14-6-4-3-5-7-14)16(22)21-17-20-12-15(23-17)13-8-10-19-11-9-13/h3-7,12-13,19H,8-11H2,1-2H3,(H,20,21,22). The van der Waals surface area contributed by atoms with E-state index in [9.17, 15) is 4.79 Å². The molecule has 1 aromatic heterocycles. The van der Waals surface area contributed by atoms with Crippen LogP contribution < -0.4 is 10.6 Å². The van der Waals surface area contributed by atoms with Gasteiger partial charge in [-0.1, -0.05) is 30.3 Å². The number of benzene rings is 1. The molecule has 2 aromatic rings. The van der Waals surface area contributed by atoms with Gasteiger partial charge in [-0.15, -0.1) is 11.3 Å². The van der Waals surface area contributed by atoms with Crippen LogP contribution in [0, 0.1) is 0 Å². The number of piperidine rings is 1. The molecule has 1 aliphatic rings. The van der Waals surface area contributed by atoms with Crippen molar-refractivity contribution in [3.05, 3.63) is 47.0 Å². The zero-order chi connectivity index (χ0) is 16.3. The summed E-state index contributed by atoms with van der Waals surface area (Å²) in [5, 5.41) is 7.07. The molecule has 2 N–H and O–H groups in total. The highest BCUT2D eigenvalue weighted by atomic mass is 32.1. The van der Waals surface area contributed by atoms with E-state index in [0.29, 0.717) is 11.0 Å². The van der Waals surface area contributed by atoms with Crippen LogP contribution >= 0.6 is 11.3 Å². The van der Waals surface area contributed by atoms with Crippen LogP contribution in [0.2, 0.25) is 0 Å². The minimum Gasteiger partial charge on any atom is -0.317 e. The van der Waals surface area contributed by atoms with E-state index in [1.165, 1.54) is 4.88 Å². The number of nitrogens with zero attached hydrogens (tertiary/aromatic N) is 1.